The molecule has 0 saturated carbocycles. The van der Waals surface area contributed by atoms with Crippen LogP contribution in [0.3, 0.4) is 0 Å². The Bertz CT molecular complexity index is 871. The maximum absolute atomic E-state index is 9.30. The number of nitrogens with zero attached hydrogens (tertiary/aromatic N) is 4. The van der Waals surface area contributed by atoms with E-state index in [4.69, 9.17) is 9.97 Å². The Labute approximate surface area is 173 Å². The van der Waals surface area contributed by atoms with Gasteiger partial charge in [0.05, 0.1) is 18.0 Å². The molecule has 158 valence electrons. The summed E-state index contributed by atoms with van der Waals surface area (Å²) in [6.07, 6.45) is 4.48. The summed E-state index contributed by atoms with van der Waals surface area (Å²) in [7, 11) is 0. The molecule has 2 aromatic heterocycles. The van der Waals surface area contributed by atoms with Crippen LogP contribution in [0.1, 0.15) is 68.5 Å². The number of H-pyrrole nitrogens is 1. The molecule has 1 fully saturated rings. The second-order valence-electron chi connectivity index (χ2n) is 9.76. The summed E-state index contributed by atoms with van der Waals surface area (Å²) in [6, 6.07) is 2.14. The Balaban J connectivity index is 1.66. The van der Waals surface area contributed by atoms with Gasteiger partial charge in [-0.2, -0.15) is 5.10 Å². The van der Waals surface area contributed by atoms with Gasteiger partial charge in [-0.1, -0.05) is 20.8 Å². The molecule has 3 N–H and O–H groups in total. The largest absolute Gasteiger partial charge is 0.395 e. The molecule has 1 saturated heterocycles. The summed E-state index contributed by atoms with van der Waals surface area (Å²) in [5.41, 5.74) is 4.69. The van der Waals surface area contributed by atoms with Crippen LogP contribution in [0, 0.1) is 6.92 Å². The van der Waals surface area contributed by atoms with Crippen molar-refractivity contribution in [1.82, 2.24) is 25.1 Å². The molecule has 7 nitrogen and oxygen atoms in total. The van der Waals surface area contributed by atoms with Crippen molar-refractivity contribution < 1.29 is 5.11 Å². The zero-order valence-corrected chi connectivity index (χ0v) is 18.2. The Kier molecular flexibility index (Phi) is 5.38. The number of aromatic amines is 1. The van der Waals surface area contributed by atoms with Crippen molar-refractivity contribution in [2.24, 2.45) is 0 Å². The van der Waals surface area contributed by atoms with E-state index in [1.807, 2.05) is 6.92 Å². The van der Waals surface area contributed by atoms with Crippen LogP contribution in [0.4, 0.5) is 5.82 Å². The molecule has 2 aliphatic rings. The lowest BCUT2D eigenvalue weighted by Crippen LogP contribution is -2.45. The predicted octanol–water partition coefficient (Wildman–Crippen LogP) is 2.69. The van der Waals surface area contributed by atoms with Crippen LogP contribution in [0.5, 0.6) is 0 Å². The highest BCUT2D eigenvalue weighted by molar-refractivity contribution is 5.53. The van der Waals surface area contributed by atoms with Gasteiger partial charge in [0, 0.05) is 41.7 Å². The average Bonchev–Trinajstić information content (AvgIpc) is 3.23. The maximum Gasteiger partial charge on any atom is 0.136 e. The smallest absolute Gasteiger partial charge is 0.136 e. The van der Waals surface area contributed by atoms with Gasteiger partial charge in [0.15, 0.2) is 0 Å². The molecule has 7 heteroatoms. The normalized spacial score (nSPS) is 22.2. The summed E-state index contributed by atoms with van der Waals surface area (Å²) in [5, 5.41) is 20.2. The molecule has 29 heavy (non-hydrogen) atoms. The highest BCUT2D eigenvalue weighted by atomic mass is 16.3. The molecule has 1 aliphatic carbocycles. The van der Waals surface area contributed by atoms with Crippen molar-refractivity contribution >= 4 is 5.82 Å². The molecule has 4 rings (SSSR count). The number of hydrogen-bond acceptors (Lipinski definition) is 6. The van der Waals surface area contributed by atoms with Crippen molar-refractivity contribution in [3.8, 4) is 0 Å². The van der Waals surface area contributed by atoms with Gasteiger partial charge in [-0.05, 0) is 45.2 Å². The van der Waals surface area contributed by atoms with Gasteiger partial charge in [-0.15, -0.1) is 0 Å². The Morgan fingerprint density at radius 1 is 1.28 bits per heavy atom. The van der Waals surface area contributed by atoms with Gasteiger partial charge in [-0.25, -0.2) is 9.97 Å². The van der Waals surface area contributed by atoms with Crippen molar-refractivity contribution in [2.75, 3.05) is 31.6 Å². The number of fused-ring (bicyclic) bond motifs is 2. The first-order chi connectivity index (χ1) is 13.8. The van der Waals surface area contributed by atoms with Crippen LogP contribution in [0.15, 0.2) is 6.07 Å². The lowest BCUT2D eigenvalue weighted by atomic mass is 9.77. The minimum atomic E-state index is -0.116. The number of aromatic nitrogens is 4. The van der Waals surface area contributed by atoms with E-state index in [0.29, 0.717) is 6.54 Å². The monoisotopic (exact) mass is 398 g/mol. The second kappa shape index (κ2) is 7.69. The molecule has 0 amide bonds. The van der Waals surface area contributed by atoms with E-state index in [9.17, 15) is 5.11 Å². The van der Waals surface area contributed by atoms with E-state index in [1.165, 1.54) is 24.1 Å². The van der Waals surface area contributed by atoms with Crippen molar-refractivity contribution in [2.45, 2.75) is 70.8 Å². The molecule has 0 radical (unpaired) electrons. The quantitative estimate of drug-likeness (QED) is 0.717. The van der Waals surface area contributed by atoms with Crippen LogP contribution in [-0.2, 0) is 23.8 Å². The third kappa shape index (κ3) is 4.03. The maximum atomic E-state index is 9.30. The molecule has 1 atom stereocenters. The number of likely N-dealkylation sites (tertiary alicyclic amines) is 1. The first kappa shape index (κ1) is 20.3. The van der Waals surface area contributed by atoms with Crippen LogP contribution < -0.4 is 5.32 Å². The van der Waals surface area contributed by atoms with Crippen LogP contribution in [0.25, 0.3) is 0 Å². The minimum absolute atomic E-state index is 0.0948. The van der Waals surface area contributed by atoms with Gasteiger partial charge >= 0.3 is 0 Å². The van der Waals surface area contributed by atoms with E-state index < -0.39 is 0 Å². The molecule has 1 spiro atoms. The number of hydrogen-bond donors (Lipinski definition) is 3. The second-order valence-corrected chi connectivity index (χ2v) is 9.76. The minimum Gasteiger partial charge on any atom is -0.395 e. The van der Waals surface area contributed by atoms with E-state index in [1.54, 1.807) is 0 Å². The fourth-order valence-electron chi connectivity index (χ4n) is 4.84. The number of anilines is 1. The number of piperidine rings is 1. The van der Waals surface area contributed by atoms with E-state index in [-0.39, 0.29) is 17.4 Å². The van der Waals surface area contributed by atoms with E-state index >= 15 is 0 Å². The van der Waals surface area contributed by atoms with Gasteiger partial charge in [0.2, 0.25) is 0 Å². The molecule has 1 unspecified atom stereocenters. The molecule has 3 heterocycles. The summed E-state index contributed by atoms with van der Waals surface area (Å²) >= 11 is 0. The van der Waals surface area contributed by atoms with Crippen molar-refractivity contribution in [3.05, 3.63) is 34.5 Å². The highest BCUT2D eigenvalue weighted by Crippen LogP contribution is 2.46. The predicted molar refractivity (Wildman–Crippen MR) is 114 cm³/mol. The average molecular weight is 399 g/mol. The zero-order valence-electron chi connectivity index (χ0n) is 18.2. The molecular weight excluding hydrogens is 364 g/mol. The van der Waals surface area contributed by atoms with Crippen LogP contribution in [0.2, 0.25) is 0 Å². The number of aryl methyl sites for hydroxylation is 1. The summed E-state index contributed by atoms with van der Waals surface area (Å²) in [6.45, 7) is 12.2. The summed E-state index contributed by atoms with van der Waals surface area (Å²) < 4.78 is 0. The fraction of sp³-hybridized carbons (Fsp3) is 0.682. The lowest BCUT2D eigenvalue weighted by molar-refractivity contribution is 0.135. The number of rotatable bonds is 5. The summed E-state index contributed by atoms with van der Waals surface area (Å²) in [5.74, 6) is 1.81. The zero-order chi connectivity index (χ0) is 20.6. The molecule has 1 aliphatic heterocycles. The van der Waals surface area contributed by atoms with Crippen LogP contribution in [-0.4, -0.2) is 56.4 Å². The third-order valence-corrected chi connectivity index (χ3v) is 6.24. The number of nitrogens with one attached hydrogen (secondary N) is 2. The molecule has 0 aromatic carbocycles. The van der Waals surface area contributed by atoms with E-state index in [0.717, 1.165) is 55.5 Å². The summed E-state index contributed by atoms with van der Waals surface area (Å²) in [4.78, 5) is 12.5. The standard InChI is InChI=1S/C22H34N6O/c1-15-12-16(27-26-15)13-28-10-5-7-22(14-28)8-6-17-18(22)24-20(21(2,3)4)25-19(17)23-9-11-29/h12,29H,5-11,13-14H2,1-4H3,(H,26,27)(H,23,24,25). The molecule has 0 bridgehead atoms. The Morgan fingerprint density at radius 2 is 2.10 bits per heavy atom. The Hall–Kier alpha value is -1.99. The first-order valence-electron chi connectivity index (χ1n) is 10.8. The van der Waals surface area contributed by atoms with E-state index in [2.05, 4.69) is 47.3 Å². The van der Waals surface area contributed by atoms with Gasteiger partial charge in [0.25, 0.3) is 0 Å². The van der Waals surface area contributed by atoms with Crippen LogP contribution >= 0.6 is 0 Å². The van der Waals surface area contributed by atoms with Crippen molar-refractivity contribution in [1.29, 1.82) is 0 Å². The Morgan fingerprint density at radius 3 is 2.79 bits per heavy atom. The topological polar surface area (TPSA) is 90.0 Å². The fourth-order valence-corrected chi connectivity index (χ4v) is 4.84. The van der Waals surface area contributed by atoms with Gasteiger partial charge < -0.3 is 10.4 Å². The highest BCUT2D eigenvalue weighted by Gasteiger charge is 2.45. The lowest BCUT2D eigenvalue weighted by Gasteiger charge is -2.40. The van der Waals surface area contributed by atoms with Crippen molar-refractivity contribution in [3.63, 3.8) is 0 Å². The molecule has 2 aromatic rings. The SMILES string of the molecule is Cc1cc(CN2CCCC3(CCc4c(NCCO)nc(C(C)(C)C)nc43)C2)n[nH]1. The number of aliphatic hydroxyl groups is 1. The van der Waals surface area contributed by atoms with Gasteiger partial charge in [0.1, 0.15) is 11.6 Å². The molecular formula is C22H34N6O. The third-order valence-electron chi connectivity index (χ3n) is 6.24. The first-order valence-corrected chi connectivity index (χ1v) is 10.8. The number of aliphatic hydroxyl groups excluding tert-OH is 1. The van der Waals surface area contributed by atoms with Gasteiger partial charge in [-0.3, -0.25) is 10.00 Å².